The fraction of sp³-hybridized carbons (Fsp3) is 0.242. The van der Waals surface area contributed by atoms with Gasteiger partial charge in [-0.15, -0.1) is 0 Å². The highest BCUT2D eigenvalue weighted by atomic mass is 16.6. The summed E-state index contributed by atoms with van der Waals surface area (Å²) in [6.07, 6.45) is 1.03. The van der Waals surface area contributed by atoms with E-state index in [1.54, 1.807) is 0 Å². The second-order valence-electron chi connectivity index (χ2n) is 9.29. The first-order valence-corrected chi connectivity index (χ1v) is 12.7. The van der Waals surface area contributed by atoms with Gasteiger partial charge in [0.15, 0.2) is 0 Å². The molecular weight excluding hydrogens is 454 g/mol. The molecule has 0 amide bonds. The van der Waals surface area contributed by atoms with Gasteiger partial charge in [-0.3, -0.25) is 0 Å². The van der Waals surface area contributed by atoms with Gasteiger partial charge in [-0.25, -0.2) is 0 Å². The van der Waals surface area contributed by atoms with Crippen molar-refractivity contribution in [3.8, 4) is 0 Å². The first kappa shape index (κ1) is 26.2. The Bertz CT molecular complexity index is 1520. The summed E-state index contributed by atoms with van der Waals surface area (Å²) in [5.41, 5.74) is 7.41. The summed E-state index contributed by atoms with van der Waals surface area (Å²) in [6, 6.07) is 33.7. The number of benzene rings is 4. The van der Waals surface area contributed by atoms with Crippen LogP contribution in [-0.4, -0.2) is 11.1 Å². The zero-order valence-electron chi connectivity index (χ0n) is 21.1. The van der Waals surface area contributed by atoms with E-state index in [9.17, 15) is 0 Å². The Kier molecular flexibility index (Phi) is 8.76. The standard InChI is InChI=1S/C32H33N3O.CH4/c1-24-18-19-29-31(34-36-23-27-14-7-4-8-15-27)28-16-9-10-17-30(28)35(32(29)25(24)2)21-11-20-33-22-26-12-5-3-6-13-26;/h3-10,12-19,33H,11,20-23H2,1-2H3;1H4/b34-31+;. The third kappa shape index (κ3) is 5.92. The molecule has 0 atom stereocenters. The molecule has 4 heteroatoms. The van der Waals surface area contributed by atoms with E-state index < -0.39 is 0 Å². The van der Waals surface area contributed by atoms with E-state index in [4.69, 9.17) is 4.84 Å². The van der Waals surface area contributed by atoms with E-state index in [0.717, 1.165) is 47.7 Å². The van der Waals surface area contributed by atoms with Crippen LogP contribution >= 0.6 is 0 Å². The molecule has 0 radical (unpaired) electrons. The number of para-hydroxylation sites is 1. The molecule has 0 spiro atoms. The molecule has 0 aliphatic rings. The third-order valence-electron chi connectivity index (χ3n) is 6.81. The molecule has 1 N–H and O–H groups in total. The van der Waals surface area contributed by atoms with Crippen molar-refractivity contribution in [1.82, 2.24) is 9.88 Å². The molecule has 0 unspecified atom stereocenters. The average molecular weight is 492 g/mol. The number of nitrogens with one attached hydrogen (secondary N) is 1. The van der Waals surface area contributed by atoms with Crippen molar-refractivity contribution < 1.29 is 4.84 Å². The maximum Gasteiger partial charge on any atom is 0.142 e. The van der Waals surface area contributed by atoms with Crippen molar-refractivity contribution >= 4 is 21.8 Å². The SMILES string of the molecule is C.Cc1ccc2/c(=N/OCc3ccccc3)c3ccccc3n(CCCNCc3ccccc3)c2c1C. The van der Waals surface area contributed by atoms with Crippen molar-refractivity contribution in [3.05, 3.63) is 125 Å². The minimum absolute atomic E-state index is 0. The predicted octanol–water partition coefficient (Wildman–Crippen LogP) is 7.26. The molecule has 4 aromatic carbocycles. The second kappa shape index (κ2) is 12.4. The Morgan fingerprint density at radius 3 is 2.19 bits per heavy atom. The summed E-state index contributed by atoms with van der Waals surface area (Å²) in [5, 5.41) is 11.4. The number of pyridine rings is 1. The van der Waals surface area contributed by atoms with E-state index in [1.165, 1.54) is 27.7 Å². The number of aryl methyl sites for hydroxylation is 3. The number of nitrogens with zero attached hydrogens (tertiary/aromatic N) is 2. The quantitative estimate of drug-likeness (QED) is 0.134. The van der Waals surface area contributed by atoms with Gasteiger partial charge < -0.3 is 14.7 Å². The smallest absolute Gasteiger partial charge is 0.142 e. The lowest BCUT2D eigenvalue weighted by Crippen LogP contribution is -2.19. The molecule has 190 valence electrons. The Labute approximate surface area is 220 Å². The zero-order chi connectivity index (χ0) is 24.7. The zero-order valence-corrected chi connectivity index (χ0v) is 21.1. The Balaban J connectivity index is 0.00000320. The fourth-order valence-corrected chi connectivity index (χ4v) is 4.78. The Morgan fingerprint density at radius 2 is 1.43 bits per heavy atom. The van der Waals surface area contributed by atoms with Crippen LogP contribution in [0.25, 0.3) is 21.8 Å². The van der Waals surface area contributed by atoms with E-state index in [2.05, 4.69) is 108 Å². The van der Waals surface area contributed by atoms with Gasteiger partial charge in [0, 0.05) is 23.9 Å². The minimum atomic E-state index is 0. The van der Waals surface area contributed by atoms with Crippen LogP contribution in [0.2, 0.25) is 0 Å². The molecule has 5 aromatic rings. The molecule has 0 saturated heterocycles. The molecule has 1 aromatic heterocycles. The summed E-state index contributed by atoms with van der Waals surface area (Å²) in [5.74, 6) is 0. The number of aromatic nitrogens is 1. The molecule has 0 saturated carbocycles. The maximum absolute atomic E-state index is 5.89. The van der Waals surface area contributed by atoms with Crippen LogP contribution in [-0.2, 0) is 24.5 Å². The minimum Gasteiger partial charge on any atom is -0.390 e. The Morgan fingerprint density at radius 1 is 0.757 bits per heavy atom. The maximum atomic E-state index is 5.89. The van der Waals surface area contributed by atoms with Gasteiger partial charge in [-0.1, -0.05) is 104 Å². The highest BCUT2D eigenvalue weighted by Crippen LogP contribution is 2.25. The van der Waals surface area contributed by atoms with Gasteiger partial charge >= 0.3 is 0 Å². The van der Waals surface area contributed by atoms with E-state index in [1.807, 2.05) is 18.2 Å². The molecule has 0 bridgehead atoms. The summed E-state index contributed by atoms with van der Waals surface area (Å²) in [6.45, 7) is 7.61. The second-order valence-corrected chi connectivity index (χ2v) is 9.29. The lowest BCUT2D eigenvalue weighted by atomic mass is 10.0. The van der Waals surface area contributed by atoms with Crippen LogP contribution in [0.15, 0.2) is 102 Å². The number of hydrogen-bond acceptors (Lipinski definition) is 3. The first-order chi connectivity index (χ1) is 17.7. The molecule has 5 rings (SSSR count). The third-order valence-corrected chi connectivity index (χ3v) is 6.81. The van der Waals surface area contributed by atoms with Crippen LogP contribution in [0.4, 0.5) is 0 Å². The van der Waals surface area contributed by atoms with Gasteiger partial charge in [0.2, 0.25) is 0 Å². The van der Waals surface area contributed by atoms with Gasteiger partial charge in [0.1, 0.15) is 12.0 Å². The lowest BCUT2D eigenvalue weighted by molar-refractivity contribution is 0.121. The summed E-state index contributed by atoms with van der Waals surface area (Å²) < 4.78 is 2.47. The lowest BCUT2D eigenvalue weighted by Gasteiger charge is -2.19. The highest BCUT2D eigenvalue weighted by molar-refractivity contribution is 5.95. The van der Waals surface area contributed by atoms with Crippen LogP contribution in [0, 0.1) is 13.8 Å². The van der Waals surface area contributed by atoms with Gasteiger partial charge in [0.05, 0.1) is 11.0 Å². The largest absolute Gasteiger partial charge is 0.390 e. The van der Waals surface area contributed by atoms with Crippen LogP contribution in [0.3, 0.4) is 0 Å². The van der Waals surface area contributed by atoms with Crippen LogP contribution in [0.5, 0.6) is 0 Å². The molecule has 0 aliphatic heterocycles. The normalized spacial score (nSPS) is 11.6. The van der Waals surface area contributed by atoms with E-state index in [0.29, 0.717) is 6.61 Å². The van der Waals surface area contributed by atoms with Gasteiger partial charge in [-0.2, -0.15) is 0 Å². The number of fused-ring (bicyclic) bond motifs is 2. The molecule has 1 heterocycles. The monoisotopic (exact) mass is 491 g/mol. The number of rotatable bonds is 9. The molecular formula is C33H37N3O. The summed E-state index contributed by atoms with van der Waals surface area (Å²) >= 11 is 0. The van der Waals surface area contributed by atoms with Crippen molar-refractivity contribution in [2.45, 2.75) is 47.4 Å². The van der Waals surface area contributed by atoms with Gasteiger partial charge in [-0.05, 0) is 55.1 Å². The number of hydrogen-bond donors (Lipinski definition) is 1. The van der Waals surface area contributed by atoms with Crippen LogP contribution < -0.4 is 10.7 Å². The van der Waals surface area contributed by atoms with E-state index >= 15 is 0 Å². The van der Waals surface area contributed by atoms with Gasteiger partial charge in [0.25, 0.3) is 0 Å². The highest BCUT2D eigenvalue weighted by Gasteiger charge is 2.13. The van der Waals surface area contributed by atoms with Crippen molar-refractivity contribution in [2.75, 3.05) is 6.54 Å². The predicted molar refractivity (Wildman–Crippen MR) is 155 cm³/mol. The van der Waals surface area contributed by atoms with Crippen LogP contribution in [0.1, 0.15) is 36.1 Å². The van der Waals surface area contributed by atoms with E-state index in [-0.39, 0.29) is 7.43 Å². The van der Waals surface area contributed by atoms with Crippen molar-refractivity contribution in [3.63, 3.8) is 0 Å². The molecule has 0 fully saturated rings. The average Bonchev–Trinajstić information content (AvgIpc) is 2.92. The summed E-state index contributed by atoms with van der Waals surface area (Å²) in [4.78, 5) is 5.89. The topological polar surface area (TPSA) is 38.5 Å². The Hall–Kier alpha value is -3.89. The molecule has 4 nitrogen and oxygen atoms in total. The molecule has 37 heavy (non-hydrogen) atoms. The van der Waals surface area contributed by atoms with Crippen molar-refractivity contribution in [2.24, 2.45) is 5.16 Å². The summed E-state index contributed by atoms with van der Waals surface area (Å²) in [7, 11) is 0. The van der Waals surface area contributed by atoms with Crippen molar-refractivity contribution in [1.29, 1.82) is 0 Å². The fourth-order valence-electron chi connectivity index (χ4n) is 4.78. The first-order valence-electron chi connectivity index (χ1n) is 12.7. The molecule has 0 aliphatic carbocycles.